The van der Waals surface area contributed by atoms with Crippen molar-refractivity contribution in [2.24, 2.45) is 0 Å². The number of carbonyl (C=O) groups excluding carboxylic acids is 2. The monoisotopic (exact) mass is 294 g/mol. The van der Waals surface area contributed by atoms with Crippen molar-refractivity contribution in [2.45, 2.75) is 32.6 Å². The van der Waals surface area contributed by atoms with Crippen LogP contribution in [0.1, 0.15) is 32.6 Å². The molecule has 0 fully saturated rings. The summed E-state index contributed by atoms with van der Waals surface area (Å²) in [5.74, 6) is -0.382. The second-order valence-corrected chi connectivity index (χ2v) is 4.28. The molecule has 1 amide bonds. The molecule has 0 aliphatic heterocycles. The zero-order chi connectivity index (χ0) is 15.9. The van der Waals surface area contributed by atoms with E-state index in [-0.39, 0.29) is 31.3 Å². The highest BCUT2D eigenvalue weighted by atomic mass is 16.5. The van der Waals surface area contributed by atoms with Crippen molar-refractivity contribution in [2.75, 3.05) is 32.8 Å². The highest BCUT2D eigenvalue weighted by Gasteiger charge is 2.12. The molecule has 0 saturated carbocycles. The highest BCUT2D eigenvalue weighted by Crippen LogP contribution is 1.95. The minimum Gasteiger partial charge on any atom is -0.466 e. The van der Waals surface area contributed by atoms with Crippen LogP contribution in [0.3, 0.4) is 0 Å². The van der Waals surface area contributed by atoms with Gasteiger partial charge in [0.25, 0.3) is 0 Å². The van der Waals surface area contributed by atoms with Gasteiger partial charge in [-0.2, -0.15) is 10.5 Å². The number of rotatable bonds is 11. The van der Waals surface area contributed by atoms with Gasteiger partial charge in [0, 0.05) is 19.5 Å². The van der Waals surface area contributed by atoms with Crippen LogP contribution in [0.5, 0.6) is 0 Å². The summed E-state index contributed by atoms with van der Waals surface area (Å²) in [6.07, 6.45) is 1.42. The highest BCUT2D eigenvalue weighted by molar-refractivity contribution is 5.78. The minimum absolute atomic E-state index is 0.139. The molecule has 116 valence electrons. The topological polar surface area (TPSA) is 106 Å². The number of ether oxygens (including phenoxy) is 1. The predicted octanol–water partition coefficient (Wildman–Crippen LogP) is 0.575. The van der Waals surface area contributed by atoms with Gasteiger partial charge in [0.15, 0.2) is 0 Å². The van der Waals surface area contributed by atoms with Gasteiger partial charge in [-0.15, -0.1) is 0 Å². The van der Waals surface area contributed by atoms with E-state index in [1.165, 1.54) is 4.90 Å². The van der Waals surface area contributed by atoms with Crippen LogP contribution in [0.25, 0.3) is 0 Å². The lowest BCUT2D eigenvalue weighted by molar-refractivity contribution is -0.143. The summed E-state index contributed by atoms with van der Waals surface area (Å²) in [7, 11) is 0. The molecule has 0 bridgehead atoms. The van der Waals surface area contributed by atoms with Crippen molar-refractivity contribution in [3.63, 3.8) is 0 Å². The largest absolute Gasteiger partial charge is 0.466 e. The van der Waals surface area contributed by atoms with Gasteiger partial charge in [-0.25, -0.2) is 0 Å². The molecule has 7 nitrogen and oxygen atoms in total. The first-order chi connectivity index (χ1) is 10.2. The van der Waals surface area contributed by atoms with Crippen molar-refractivity contribution in [3.8, 4) is 12.1 Å². The molecule has 0 heterocycles. The number of nitriles is 2. The number of nitrogens with one attached hydrogen (secondary N) is 1. The summed E-state index contributed by atoms with van der Waals surface area (Å²) in [5.41, 5.74) is 0. The van der Waals surface area contributed by atoms with Crippen molar-refractivity contribution in [1.29, 1.82) is 10.5 Å². The van der Waals surface area contributed by atoms with Gasteiger partial charge in [0.05, 0.1) is 38.1 Å². The number of hydrogen-bond donors (Lipinski definition) is 1. The standard InChI is InChI=1S/C14H22N4O3/c1-2-21-14(20)6-3-9-17-12-13(19)18(10-4-7-15)11-5-8-16/h17H,2-6,9-12H2,1H3. The molecule has 0 spiro atoms. The number of esters is 1. The zero-order valence-electron chi connectivity index (χ0n) is 12.4. The molecule has 0 saturated heterocycles. The van der Waals surface area contributed by atoms with Crippen LogP contribution in [0, 0.1) is 22.7 Å². The second-order valence-electron chi connectivity index (χ2n) is 4.28. The Morgan fingerprint density at radius 3 is 2.33 bits per heavy atom. The summed E-state index contributed by atoms with van der Waals surface area (Å²) in [6, 6.07) is 3.96. The Labute approximate surface area is 125 Å². The summed E-state index contributed by atoms with van der Waals surface area (Å²) in [6.45, 7) is 3.47. The van der Waals surface area contributed by atoms with E-state index in [2.05, 4.69) is 5.32 Å². The lowest BCUT2D eigenvalue weighted by Crippen LogP contribution is -2.39. The molecule has 0 aliphatic carbocycles. The Kier molecular flexibility index (Phi) is 11.6. The maximum Gasteiger partial charge on any atom is 0.305 e. The maximum atomic E-state index is 11.9. The molecule has 0 rings (SSSR count). The SMILES string of the molecule is CCOC(=O)CCCNCC(=O)N(CCC#N)CCC#N. The Bertz CT molecular complexity index is 380. The van der Waals surface area contributed by atoms with Crippen molar-refractivity contribution >= 4 is 11.9 Å². The first kappa shape index (κ1) is 18.9. The first-order valence-corrected chi connectivity index (χ1v) is 7.03. The fraction of sp³-hybridized carbons (Fsp3) is 0.714. The minimum atomic E-state index is -0.240. The van der Waals surface area contributed by atoms with Crippen LogP contribution in [0.15, 0.2) is 0 Å². The average molecular weight is 294 g/mol. The second kappa shape index (κ2) is 12.9. The first-order valence-electron chi connectivity index (χ1n) is 7.03. The lowest BCUT2D eigenvalue weighted by atomic mass is 10.3. The van der Waals surface area contributed by atoms with Gasteiger partial charge in [0.1, 0.15) is 0 Å². The number of nitrogens with zero attached hydrogens (tertiary/aromatic N) is 3. The Morgan fingerprint density at radius 1 is 1.19 bits per heavy atom. The average Bonchev–Trinajstić information content (AvgIpc) is 2.47. The molecule has 0 aromatic rings. The van der Waals surface area contributed by atoms with Gasteiger partial charge in [-0.3, -0.25) is 9.59 Å². The molecular weight excluding hydrogens is 272 g/mol. The predicted molar refractivity (Wildman–Crippen MR) is 75.8 cm³/mol. The maximum absolute atomic E-state index is 11.9. The van der Waals surface area contributed by atoms with E-state index in [1.807, 2.05) is 12.1 Å². The van der Waals surface area contributed by atoms with Gasteiger partial charge in [0.2, 0.25) is 5.91 Å². The van der Waals surface area contributed by atoms with Gasteiger partial charge >= 0.3 is 5.97 Å². The van der Waals surface area contributed by atoms with E-state index >= 15 is 0 Å². The molecule has 0 atom stereocenters. The summed E-state index contributed by atoms with van der Waals surface area (Å²) < 4.78 is 4.79. The van der Waals surface area contributed by atoms with Gasteiger partial charge in [-0.1, -0.05) is 0 Å². The zero-order valence-corrected chi connectivity index (χ0v) is 12.4. The molecule has 7 heteroatoms. The Hall–Kier alpha value is -2.12. The van der Waals surface area contributed by atoms with Crippen LogP contribution in [-0.2, 0) is 14.3 Å². The van der Waals surface area contributed by atoms with Crippen LogP contribution in [0.2, 0.25) is 0 Å². The van der Waals surface area contributed by atoms with Crippen molar-refractivity contribution < 1.29 is 14.3 Å². The molecule has 0 radical (unpaired) electrons. The fourth-order valence-corrected chi connectivity index (χ4v) is 1.63. The molecule has 1 N–H and O–H groups in total. The lowest BCUT2D eigenvalue weighted by Gasteiger charge is -2.20. The van der Waals surface area contributed by atoms with Crippen molar-refractivity contribution in [3.05, 3.63) is 0 Å². The molecular formula is C14H22N4O3. The third-order valence-electron chi connectivity index (χ3n) is 2.66. The van der Waals surface area contributed by atoms with Crippen LogP contribution in [0.4, 0.5) is 0 Å². The van der Waals surface area contributed by atoms with Gasteiger partial charge < -0.3 is 15.0 Å². The van der Waals surface area contributed by atoms with E-state index in [4.69, 9.17) is 15.3 Å². The quantitative estimate of drug-likeness (QED) is 0.441. The summed E-state index contributed by atoms with van der Waals surface area (Å²) in [4.78, 5) is 24.5. The van der Waals surface area contributed by atoms with E-state index in [1.54, 1.807) is 6.92 Å². The Balaban J connectivity index is 3.89. The Morgan fingerprint density at radius 2 is 1.81 bits per heavy atom. The normalized spacial score (nSPS) is 9.48. The fourth-order valence-electron chi connectivity index (χ4n) is 1.63. The smallest absolute Gasteiger partial charge is 0.305 e. The summed E-state index contributed by atoms with van der Waals surface area (Å²) in [5, 5.41) is 20.1. The van der Waals surface area contributed by atoms with Crippen LogP contribution in [-0.4, -0.2) is 49.6 Å². The van der Waals surface area contributed by atoms with Crippen molar-refractivity contribution in [1.82, 2.24) is 10.2 Å². The van der Waals surface area contributed by atoms with Gasteiger partial charge in [-0.05, 0) is 19.9 Å². The van der Waals surface area contributed by atoms with E-state index in [9.17, 15) is 9.59 Å². The number of amides is 1. The molecule has 0 aliphatic rings. The van der Waals surface area contributed by atoms with E-state index in [0.717, 1.165) is 0 Å². The summed E-state index contributed by atoms with van der Waals surface area (Å²) >= 11 is 0. The van der Waals surface area contributed by atoms with E-state index < -0.39 is 0 Å². The molecule has 0 unspecified atom stereocenters. The molecule has 0 aromatic heterocycles. The molecule has 0 aromatic carbocycles. The number of carbonyl (C=O) groups is 2. The third kappa shape index (κ3) is 10.3. The van der Waals surface area contributed by atoms with Crippen LogP contribution >= 0.6 is 0 Å². The van der Waals surface area contributed by atoms with E-state index in [0.29, 0.717) is 39.1 Å². The van der Waals surface area contributed by atoms with Crippen LogP contribution < -0.4 is 5.32 Å². The number of hydrogen-bond acceptors (Lipinski definition) is 6. The third-order valence-corrected chi connectivity index (χ3v) is 2.66. The molecule has 21 heavy (non-hydrogen) atoms.